The average Bonchev–Trinajstić information content (AvgIpc) is 2.65. The van der Waals surface area contributed by atoms with Gasteiger partial charge in [-0.25, -0.2) is 0 Å². The van der Waals surface area contributed by atoms with Gasteiger partial charge in [-0.15, -0.1) is 18.9 Å². The summed E-state index contributed by atoms with van der Waals surface area (Å²) in [6, 6.07) is 0. The summed E-state index contributed by atoms with van der Waals surface area (Å²) >= 11 is 0. The van der Waals surface area contributed by atoms with Gasteiger partial charge in [-0.1, -0.05) is 26.8 Å². The third-order valence-electron chi connectivity index (χ3n) is 4.41. The summed E-state index contributed by atoms with van der Waals surface area (Å²) < 4.78 is 5.48. The second-order valence-electron chi connectivity index (χ2n) is 6.34. The van der Waals surface area contributed by atoms with Crippen LogP contribution in [0.5, 0.6) is 0 Å². The van der Waals surface area contributed by atoms with Crippen molar-refractivity contribution in [2.24, 2.45) is 11.3 Å². The monoisotopic (exact) mass is 288 g/mol. The number of terminal acetylenes is 1. The van der Waals surface area contributed by atoms with Gasteiger partial charge in [-0.05, 0) is 23.8 Å². The maximum atomic E-state index is 12.1. The normalized spacial score (nSPS) is 20.1. The lowest BCUT2D eigenvalue weighted by Gasteiger charge is -2.29. The molecule has 0 aromatic carbocycles. The van der Waals surface area contributed by atoms with Gasteiger partial charge in [0.1, 0.15) is 6.10 Å². The van der Waals surface area contributed by atoms with Crippen LogP contribution < -0.4 is 0 Å². The number of carbonyl (C=O) groups is 2. The molecule has 2 atom stereocenters. The number of allylic oxidation sites excluding steroid dienone is 2. The Morgan fingerprint density at radius 3 is 2.76 bits per heavy atom. The molecular weight excluding hydrogens is 264 g/mol. The van der Waals surface area contributed by atoms with Crippen LogP contribution in [0.25, 0.3) is 0 Å². The van der Waals surface area contributed by atoms with E-state index in [1.165, 1.54) is 0 Å². The molecule has 114 valence electrons. The van der Waals surface area contributed by atoms with E-state index in [9.17, 15) is 9.59 Å². The lowest BCUT2D eigenvalue weighted by Crippen LogP contribution is -2.27. The second kappa shape index (κ2) is 6.76. The van der Waals surface area contributed by atoms with Crippen molar-refractivity contribution in [1.29, 1.82) is 0 Å². The topological polar surface area (TPSA) is 43.4 Å². The number of rotatable bonds is 6. The van der Waals surface area contributed by atoms with Crippen LogP contribution in [0.3, 0.4) is 0 Å². The predicted octanol–water partition coefficient (Wildman–Crippen LogP) is 3.45. The Morgan fingerprint density at radius 1 is 1.62 bits per heavy atom. The van der Waals surface area contributed by atoms with E-state index in [4.69, 9.17) is 11.2 Å². The van der Waals surface area contributed by atoms with E-state index < -0.39 is 6.10 Å². The summed E-state index contributed by atoms with van der Waals surface area (Å²) in [5, 5.41) is 0. The van der Waals surface area contributed by atoms with Crippen LogP contribution in [0.15, 0.2) is 23.8 Å². The Labute approximate surface area is 127 Å². The predicted molar refractivity (Wildman–Crippen MR) is 83.4 cm³/mol. The fraction of sp³-hybridized carbons (Fsp3) is 0.556. The molecule has 0 aromatic rings. The zero-order valence-electron chi connectivity index (χ0n) is 13.4. The van der Waals surface area contributed by atoms with E-state index in [-0.39, 0.29) is 29.5 Å². The molecule has 0 aliphatic heterocycles. The van der Waals surface area contributed by atoms with Crippen LogP contribution in [-0.4, -0.2) is 17.9 Å². The fourth-order valence-corrected chi connectivity index (χ4v) is 2.38. The molecule has 0 N–H and O–H groups in total. The van der Waals surface area contributed by atoms with Gasteiger partial charge >= 0.3 is 5.97 Å². The smallest absolute Gasteiger partial charge is 0.306 e. The van der Waals surface area contributed by atoms with Gasteiger partial charge in [0, 0.05) is 12.0 Å². The van der Waals surface area contributed by atoms with E-state index in [0.29, 0.717) is 18.4 Å². The fourth-order valence-electron chi connectivity index (χ4n) is 2.38. The summed E-state index contributed by atoms with van der Waals surface area (Å²) in [6.07, 6.45) is 7.45. The molecule has 0 bridgehead atoms. The quantitative estimate of drug-likeness (QED) is 0.427. The number of esters is 1. The maximum Gasteiger partial charge on any atom is 0.306 e. The van der Waals surface area contributed by atoms with E-state index >= 15 is 0 Å². The van der Waals surface area contributed by atoms with Gasteiger partial charge in [-0.2, -0.15) is 0 Å². The van der Waals surface area contributed by atoms with Crippen molar-refractivity contribution < 1.29 is 14.3 Å². The molecule has 1 aliphatic rings. The third-order valence-corrected chi connectivity index (χ3v) is 4.41. The average molecular weight is 288 g/mol. The molecule has 0 radical (unpaired) electrons. The van der Waals surface area contributed by atoms with Crippen molar-refractivity contribution in [3.63, 3.8) is 0 Å². The van der Waals surface area contributed by atoms with Crippen molar-refractivity contribution in [3.05, 3.63) is 23.8 Å². The number of ketones is 1. The Morgan fingerprint density at radius 2 is 2.24 bits per heavy atom. The minimum atomic E-state index is -0.455. The van der Waals surface area contributed by atoms with E-state index in [1.807, 2.05) is 33.8 Å². The van der Waals surface area contributed by atoms with E-state index in [1.54, 1.807) is 0 Å². The molecule has 3 heteroatoms. The highest BCUT2D eigenvalue weighted by Crippen LogP contribution is 2.33. The molecule has 0 spiro atoms. The first-order valence-corrected chi connectivity index (χ1v) is 7.21. The summed E-state index contributed by atoms with van der Waals surface area (Å²) in [6.45, 7) is 11.6. The van der Waals surface area contributed by atoms with Crippen LogP contribution >= 0.6 is 0 Å². The number of hydrogen-bond acceptors (Lipinski definition) is 3. The minimum absolute atomic E-state index is 0.0121. The second-order valence-corrected chi connectivity index (χ2v) is 6.34. The molecule has 0 heterocycles. The first-order chi connectivity index (χ1) is 9.72. The van der Waals surface area contributed by atoms with Crippen molar-refractivity contribution >= 4 is 11.8 Å². The van der Waals surface area contributed by atoms with Gasteiger partial charge in [0.2, 0.25) is 0 Å². The largest absolute Gasteiger partial charge is 0.457 e. The number of ether oxygens (including phenoxy) is 1. The molecule has 1 aliphatic carbocycles. The number of hydrogen-bond donors (Lipinski definition) is 0. The summed E-state index contributed by atoms with van der Waals surface area (Å²) in [4.78, 5) is 24.0. The van der Waals surface area contributed by atoms with Crippen LogP contribution in [0.4, 0.5) is 0 Å². The summed E-state index contributed by atoms with van der Waals surface area (Å²) in [5.41, 5.74) is 1.19. The zero-order valence-corrected chi connectivity index (χ0v) is 13.4. The molecule has 0 fully saturated rings. The Kier molecular flexibility index (Phi) is 5.54. The molecule has 3 nitrogen and oxygen atoms in total. The molecule has 0 saturated heterocycles. The standard InChI is InChI=1S/C18H24O3/c1-7-9-14-13(4)16(10-15(14)19)21-17(20)11-18(5,6)12(3)8-2/h1,8,12,16H,2,9-11H2,3-6H3. The number of carbonyl (C=O) groups excluding carboxylic acids is 2. The molecule has 21 heavy (non-hydrogen) atoms. The molecule has 2 unspecified atom stereocenters. The molecule has 0 amide bonds. The Balaban J connectivity index is 2.71. The van der Waals surface area contributed by atoms with Crippen molar-refractivity contribution in [3.8, 4) is 12.3 Å². The Hall–Kier alpha value is -1.82. The molecular formula is C18H24O3. The maximum absolute atomic E-state index is 12.1. The Bertz CT molecular complexity index is 517. The first-order valence-electron chi connectivity index (χ1n) is 7.21. The lowest BCUT2D eigenvalue weighted by molar-refractivity contribution is -0.150. The van der Waals surface area contributed by atoms with E-state index in [0.717, 1.165) is 5.57 Å². The van der Waals surface area contributed by atoms with Crippen molar-refractivity contribution in [1.82, 2.24) is 0 Å². The summed E-state index contributed by atoms with van der Waals surface area (Å²) in [7, 11) is 0. The van der Waals surface area contributed by atoms with Crippen molar-refractivity contribution in [2.45, 2.75) is 53.1 Å². The lowest BCUT2D eigenvalue weighted by atomic mass is 9.77. The number of Topliss-reactive ketones (excluding diaryl/α,β-unsaturated/α-hetero) is 1. The summed E-state index contributed by atoms with van der Waals surface area (Å²) in [5.74, 6) is 2.38. The van der Waals surface area contributed by atoms with Crippen LogP contribution in [0, 0.1) is 23.7 Å². The van der Waals surface area contributed by atoms with Crippen LogP contribution in [0.1, 0.15) is 47.0 Å². The van der Waals surface area contributed by atoms with Gasteiger partial charge in [0.15, 0.2) is 5.78 Å². The minimum Gasteiger partial charge on any atom is -0.457 e. The van der Waals surface area contributed by atoms with Gasteiger partial charge in [-0.3, -0.25) is 9.59 Å². The molecule has 1 rings (SSSR count). The molecule has 0 saturated carbocycles. The van der Waals surface area contributed by atoms with Crippen molar-refractivity contribution in [2.75, 3.05) is 0 Å². The highest BCUT2D eigenvalue weighted by atomic mass is 16.5. The zero-order chi connectivity index (χ0) is 16.2. The SMILES string of the molecule is C#CCC1=C(C)C(OC(=O)CC(C)(C)C(C)C=C)CC1=O. The van der Waals surface area contributed by atoms with E-state index in [2.05, 4.69) is 12.5 Å². The van der Waals surface area contributed by atoms with Gasteiger partial charge in [0.05, 0.1) is 12.8 Å². The highest BCUT2D eigenvalue weighted by molar-refractivity contribution is 6.00. The third kappa shape index (κ3) is 4.07. The van der Waals surface area contributed by atoms with Gasteiger partial charge < -0.3 is 4.74 Å². The molecule has 0 aromatic heterocycles. The highest BCUT2D eigenvalue weighted by Gasteiger charge is 2.34. The van der Waals surface area contributed by atoms with Gasteiger partial charge in [0.25, 0.3) is 0 Å². The van der Waals surface area contributed by atoms with Crippen LogP contribution in [0.2, 0.25) is 0 Å². The van der Waals surface area contributed by atoms with Crippen LogP contribution in [-0.2, 0) is 14.3 Å². The first kappa shape index (κ1) is 17.2.